The summed E-state index contributed by atoms with van der Waals surface area (Å²) in [6, 6.07) is 0.351. The minimum atomic E-state index is -0.247. The van der Waals surface area contributed by atoms with Gasteiger partial charge in [-0.2, -0.15) is 0 Å². The molecule has 0 aromatic carbocycles. The van der Waals surface area contributed by atoms with Crippen molar-refractivity contribution in [2.75, 3.05) is 39.3 Å². The molecule has 1 N–H and O–H groups in total. The number of rotatable bonds is 4. The number of piperazine rings is 1. The second-order valence-electron chi connectivity index (χ2n) is 6.49. The molecule has 2 aliphatic rings. The fraction of sp³-hybridized carbons (Fsp3) is 0.875. The molecule has 0 unspecified atom stereocenters. The van der Waals surface area contributed by atoms with E-state index in [4.69, 9.17) is 4.74 Å². The first-order chi connectivity index (χ1) is 10.6. The molecule has 0 atom stereocenters. The summed E-state index contributed by atoms with van der Waals surface area (Å²) in [7, 11) is 0. The highest BCUT2D eigenvalue weighted by atomic mass is 16.6. The van der Waals surface area contributed by atoms with Crippen molar-refractivity contribution >= 4 is 12.0 Å². The number of hydrogen-bond acceptors (Lipinski definition) is 4. The van der Waals surface area contributed by atoms with E-state index in [2.05, 4.69) is 17.1 Å². The molecule has 1 heterocycles. The number of hydrogen-bond donors (Lipinski definition) is 1. The third-order valence-electron chi connectivity index (χ3n) is 4.65. The van der Waals surface area contributed by atoms with Crippen LogP contribution in [0.2, 0.25) is 0 Å². The summed E-state index contributed by atoms with van der Waals surface area (Å²) in [6.45, 7) is 7.65. The molecule has 22 heavy (non-hydrogen) atoms. The number of nitrogens with zero attached hydrogens (tertiary/aromatic N) is 2. The van der Waals surface area contributed by atoms with Gasteiger partial charge >= 0.3 is 6.09 Å². The predicted octanol–water partition coefficient (Wildman–Crippen LogP) is 1.46. The lowest BCUT2D eigenvalue weighted by atomic mass is 9.87. The zero-order valence-electron chi connectivity index (χ0n) is 13.8. The zero-order chi connectivity index (χ0) is 15.9. The van der Waals surface area contributed by atoms with Gasteiger partial charge in [0.25, 0.3) is 0 Å². The average Bonchev–Trinajstić information content (AvgIpc) is 2.50. The molecule has 2 rings (SSSR count). The van der Waals surface area contributed by atoms with Crippen molar-refractivity contribution in [3.8, 4) is 0 Å². The number of ether oxygens (including phenoxy) is 1. The smallest absolute Gasteiger partial charge is 0.409 e. The summed E-state index contributed by atoms with van der Waals surface area (Å²) in [4.78, 5) is 27.6. The van der Waals surface area contributed by atoms with Gasteiger partial charge in [-0.25, -0.2) is 4.79 Å². The van der Waals surface area contributed by atoms with Crippen LogP contribution in [0, 0.1) is 5.92 Å². The van der Waals surface area contributed by atoms with E-state index in [0.717, 1.165) is 31.8 Å². The molecule has 2 amide bonds. The molecule has 0 spiro atoms. The number of carbonyl (C=O) groups is 2. The van der Waals surface area contributed by atoms with E-state index in [1.807, 2.05) is 6.92 Å². The molecule has 6 nitrogen and oxygen atoms in total. The summed E-state index contributed by atoms with van der Waals surface area (Å²) in [5.41, 5.74) is 0. The Kier molecular flexibility index (Phi) is 6.49. The van der Waals surface area contributed by atoms with Crippen molar-refractivity contribution in [2.45, 2.75) is 45.6 Å². The van der Waals surface area contributed by atoms with E-state index in [1.165, 1.54) is 12.8 Å². The summed E-state index contributed by atoms with van der Waals surface area (Å²) < 4.78 is 5.00. The van der Waals surface area contributed by atoms with Gasteiger partial charge in [0.15, 0.2) is 0 Å². The van der Waals surface area contributed by atoms with Gasteiger partial charge in [-0.15, -0.1) is 0 Å². The Morgan fingerprint density at radius 3 is 2.32 bits per heavy atom. The van der Waals surface area contributed by atoms with Crippen molar-refractivity contribution in [3.05, 3.63) is 0 Å². The third kappa shape index (κ3) is 5.16. The number of carbonyl (C=O) groups excluding carboxylic acids is 2. The second-order valence-corrected chi connectivity index (χ2v) is 6.49. The highest BCUT2D eigenvalue weighted by molar-refractivity contribution is 5.78. The van der Waals surface area contributed by atoms with Gasteiger partial charge in [0.2, 0.25) is 5.91 Å². The molecule has 0 aromatic rings. The highest BCUT2D eigenvalue weighted by Crippen LogP contribution is 2.23. The van der Waals surface area contributed by atoms with Crippen LogP contribution in [0.1, 0.15) is 39.5 Å². The van der Waals surface area contributed by atoms with Crippen molar-refractivity contribution in [3.63, 3.8) is 0 Å². The van der Waals surface area contributed by atoms with Crippen molar-refractivity contribution in [2.24, 2.45) is 5.92 Å². The van der Waals surface area contributed by atoms with Crippen LogP contribution in [0.5, 0.6) is 0 Å². The van der Waals surface area contributed by atoms with Crippen LogP contribution in [-0.2, 0) is 9.53 Å². The van der Waals surface area contributed by atoms with Gasteiger partial charge in [0.05, 0.1) is 13.2 Å². The van der Waals surface area contributed by atoms with Crippen LogP contribution < -0.4 is 5.32 Å². The molecule has 2 fully saturated rings. The van der Waals surface area contributed by atoms with Crippen LogP contribution >= 0.6 is 0 Å². The lowest BCUT2D eigenvalue weighted by Crippen LogP contribution is -2.52. The SMILES string of the molecule is CCOC(=O)N1CCN(CC(=O)NC2CCC(C)CC2)CC1. The molecule has 1 aliphatic carbocycles. The van der Waals surface area contributed by atoms with Crippen LogP contribution in [0.15, 0.2) is 0 Å². The lowest BCUT2D eigenvalue weighted by molar-refractivity contribution is -0.123. The standard InChI is InChI=1S/C16H29N3O3/c1-3-22-16(21)19-10-8-18(9-11-19)12-15(20)17-14-6-4-13(2)5-7-14/h13-14H,3-12H2,1-2H3,(H,17,20). The molecule has 126 valence electrons. The van der Waals surface area contributed by atoms with Gasteiger partial charge in [-0.3, -0.25) is 9.69 Å². The van der Waals surface area contributed by atoms with Gasteiger partial charge < -0.3 is 15.0 Å². The molecule has 0 radical (unpaired) electrons. The van der Waals surface area contributed by atoms with Crippen LogP contribution in [0.4, 0.5) is 4.79 Å². The fourth-order valence-corrected chi connectivity index (χ4v) is 3.18. The van der Waals surface area contributed by atoms with E-state index in [0.29, 0.717) is 32.3 Å². The summed E-state index contributed by atoms with van der Waals surface area (Å²) in [6.07, 6.45) is 4.38. The Morgan fingerprint density at radius 2 is 1.73 bits per heavy atom. The number of amides is 2. The Bertz CT molecular complexity index is 373. The first kappa shape index (κ1) is 17.1. The summed E-state index contributed by atoms with van der Waals surface area (Å²) in [5, 5.41) is 3.16. The molecule has 1 aliphatic heterocycles. The van der Waals surface area contributed by atoms with Crippen molar-refractivity contribution in [1.82, 2.24) is 15.1 Å². The minimum absolute atomic E-state index is 0.115. The van der Waals surface area contributed by atoms with Gasteiger partial charge in [-0.05, 0) is 38.5 Å². The Labute approximate surface area is 133 Å². The molecule has 0 aromatic heterocycles. The maximum Gasteiger partial charge on any atom is 0.409 e. The van der Waals surface area contributed by atoms with E-state index in [9.17, 15) is 9.59 Å². The normalized spacial score (nSPS) is 26.5. The van der Waals surface area contributed by atoms with E-state index >= 15 is 0 Å². The number of nitrogens with one attached hydrogen (secondary N) is 1. The largest absolute Gasteiger partial charge is 0.450 e. The average molecular weight is 311 g/mol. The van der Waals surface area contributed by atoms with Crippen LogP contribution in [-0.4, -0.2) is 67.2 Å². The molecule has 1 saturated carbocycles. The summed E-state index contributed by atoms with van der Waals surface area (Å²) >= 11 is 0. The molecule has 0 bridgehead atoms. The van der Waals surface area contributed by atoms with Gasteiger partial charge in [0, 0.05) is 32.2 Å². The first-order valence-corrected chi connectivity index (χ1v) is 8.52. The molecule has 6 heteroatoms. The maximum atomic E-state index is 12.1. The third-order valence-corrected chi connectivity index (χ3v) is 4.65. The quantitative estimate of drug-likeness (QED) is 0.854. The zero-order valence-corrected chi connectivity index (χ0v) is 13.8. The maximum absolute atomic E-state index is 12.1. The minimum Gasteiger partial charge on any atom is -0.450 e. The van der Waals surface area contributed by atoms with E-state index in [-0.39, 0.29) is 12.0 Å². The van der Waals surface area contributed by atoms with Gasteiger partial charge in [-0.1, -0.05) is 6.92 Å². The predicted molar refractivity (Wildman–Crippen MR) is 84.6 cm³/mol. The molecule has 1 saturated heterocycles. The Hall–Kier alpha value is -1.30. The van der Waals surface area contributed by atoms with Crippen molar-refractivity contribution < 1.29 is 14.3 Å². The molecular weight excluding hydrogens is 282 g/mol. The Balaban J connectivity index is 1.65. The lowest BCUT2D eigenvalue weighted by Gasteiger charge is -2.34. The fourth-order valence-electron chi connectivity index (χ4n) is 3.18. The Morgan fingerprint density at radius 1 is 1.09 bits per heavy atom. The second kappa shape index (κ2) is 8.36. The highest BCUT2D eigenvalue weighted by Gasteiger charge is 2.24. The monoisotopic (exact) mass is 311 g/mol. The van der Waals surface area contributed by atoms with Gasteiger partial charge in [0.1, 0.15) is 0 Å². The molecular formula is C16H29N3O3. The van der Waals surface area contributed by atoms with E-state index in [1.54, 1.807) is 4.90 Å². The summed E-state index contributed by atoms with van der Waals surface area (Å²) in [5.74, 6) is 0.910. The first-order valence-electron chi connectivity index (χ1n) is 8.52. The topological polar surface area (TPSA) is 61.9 Å². The van der Waals surface area contributed by atoms with Crippen LogP contribution in [0.25, 0.3) is 0 Å². The van der Waals surface area contributed by atoms with E-state index < -0.39 is 0 Å². The van der Waals surface area contributed by atoms with Crippen molar-refractivity contribution in [1.29, 1.82) is 0 Å². The van der Waals surface area contributed by atoms with Crippen LogP contribution in [0.3, 0.4) is 0 Å².